The first-order valence-electron chi connectivity index (χ1n) is 4.91. The Morgan fingerprint density at radius 1 is 1.41 bits per heavy atom. The Hall–Kier alpha value is -1.31. The molecule has 0 radical (unpaired) electrons. The van der Waals surface area contributed by atoms with Crippen LogP contribution >= 0.6 is 24.0 Å². The number of aliphatic imine (C=N–C) groups is 1. The first-order chi connectivity index (χ1) is 7.72. The van der Waals surface area contributed by atoms with Gasteiger partial charge in [0.05, 0.1) is 20.1 Å². The minimum atomic E-state index is -0.295. The number of esters is 1. The summed E-state index contributed by atoms with van der Waals surface area (Å²) in [5, 5.41) is 2.91. The maximum absolute atomic E-state index is 10.8. The summed E-state index contributed by atoms with van der Waals surface area (Å²) in [4.78, 5) is 14.8. The van der Waals surface area contributed by atoms with E-state index in [1.54, 1.807) is 0 Å². The third-order valence-electron chi connectivity index (χ3n) is 1.87. The van der Waals surface area contributed by atoms with E-state index in [0.29, 0.717) is 6.54 Å². The van der Waals surface area contributed by atoms with Crippen molar-refractivity contribution in [2.45, 2.75) is 6.42 Å². The fourth-order valence-corrected chi connectivity index (χ4v) is 1.08. The van der Waals surface area contributed by atoms with Crippen molar-refractivity contribution in [1.29, 1.82) is 0 Å². The SMILES string of the molecule is COC(=O)CCN=C(N)Nc1ccccc1.I. The smallest absolute Gasteiger partial charge is 0.307 e. The lowest BCUT2D eigenvalue weighted by molar-refractivity contribution is -0.140. The lowest BCUT2D eigenvalue weighted by atomic mass is 10.3. The number of carbonyl (C=O) groups is 1. The van der Waals surface area contributed by atoms with Crippen LogP contribution in [0.5, 0.6) is 0 Å². The van der Waals surface area contributed by atoms with Crippen LogP contribution in [0.15, 0.2) is 35.3 Å². The highest BCUT2D eigenvalue weighted by molar-refractivity contribution is 14.0. The number of hydrogen-bond acceptors (Lipinski definition) is 3. The molecule has 1 aromatic rings. The fraction of sp³-hybridized carbons (Fsp3) is 0.273. The molecule has 0 unspecified atom stereocenters. The summed E-state index contributed by atoms with van der Waals surface area (Å²) in [7, 11) is 1.34. The van der Waals surface area contributed by atoms with E-state index in [0.717, 1.165) is 5.69 Å². The van der Waals surface area contributed by atoms with Crippen LogP contribution in [0.4, 0.5) is 5.69 Å². The zero-order valence-corrected chi connectivity index (χ0v) is 11.9. The molecule has 17 heavy (non-hydrogen) atoms. The molecule has 3 N–H and O–H groups in total. The van der Waals surface area contributed by atoms with E-state index in [-0.39, 0.29) is 42.3 Å². The first kappa shape index (κ1) is 15.7. The minimum absolute atomic E-state index is 0. The average molecular weight is 349 g/mol. The lowest BCUT2D eigenvalue weighted by Gasteiger charge is -2.04. The van der Waals surface area contributed by atoms with Crippen molar-refractivity contribution in [3.8, 4) is 0 Å². The Bertz CT molecular complexity index is 368. The van der Waals surface area contributed by atoms with Gasteiger partial charge in [-0.15, -0.1) is 24.0 Å². The Labute approximate surface area is 117 Å². The summed E-state index contributed by atoms with van der Waals surface area (Å²) in [6, 6.07) is 9.45. The van der Waals surface area contributed by atoms with Crippen LogP contribution in [-0.2, 0) is 9.53 Å². The number of halogens is 1. The van der Waals surface area contributed by atoms with Gasteiger partial charge >= 0.3 is 5.97 Å². The number of rotatable bonds is 4. The summed E-state index contributed by atoms with van der Waals surface area (Å²) >= 11 is 0. The van der Waals surface area contributed by atoms with Gasteiger partial charge in [-0.2, -0.15) is 0 Å². The third-order valence-corrected chi connectivity index (χ3v) is 1.87. The molecule has 94 valence electrons. The van der Waals surface area contributed by atoms with Crippen LogP contribution in [0.1, 0.15) is 6.42 Å². The Morgan fingerprint density at radius 2 is 2.06 bits per heavy atom. The lowest BCUT2D eigenvalue weighted by Crippen LogP contribution is -2.23. The van der Waals surface area contributed by atoms with E-state index in [4.69, 9.17) is 5.73 Å². The number of guanidine groups is 1. The summed E-state index contributed by atoms with van der Waals surface area (Å²) in [6.07, 6.45) is 0.230. The van der Waals surface area contributed by atoms with Gasteiger partial charge in [-0.3, -0.25) is 9.79 Å². The predicted molar refractivity (Wildman–Crippen MR) is 78.6 cm³/mol. The Morgan fingerprint density at radius 3 is 2.65 bits per heavy atom. The number of nitrogens with zero attached hydrogens (tertiary/aromatic N) is 1. The number of hydrogen-bond donors (Lipinski definition) is 2. The van der Waals surface area contributed by atoms with E-state index in [2.05, 4.69) is 15.0 Å². The van der Waals surface area contributed by atoms with Gasteiger partial charge in [-0.05, 0) is 12.1 Å². The molecule has 0 aliphatic rings. The van der Waals surface area contributed by atoms with Crippen molar-refractivity contribution in [3.05, 3.63) is 30.3 Å². The molecule has 0 aliphatic carbocycles. The van der Waals surface area contributed by atoms with E-state index < -0.39 is 0 Å². The van der Waals surface area contributed by atoms with Crippen LogP contribution in [0.3, 0.4) is 0 Å². The minimum Gasteiger partial charge on any atom is -0.469 e. The van der Waals surface area contributed by atoms with Crippen molar-refractivity contribution in [2.24, 2.45) is 10.7 Å². The number of nitrogens with one attached hydrogen (secondary N) is 1. The van der Waals surface area contributed by atoms with Crippen LogP contribution in [0, 0.1) is 0 Å². The van der Waals surface area contributed by atoms with Crippen molar-refractivity contribution in [2.75, 3.05) is 19.0 Å². The molecule has 0 atom stereocenters. The molecule has 5 nitrogen and oxygen atoms in total. The maximum Gasteiger partial charge on any atom is 0.307 e. The predicted octanol–water partition coefficient (Wildman–Crippen LogP) is 1.59. The second-order valence-corrected chi connectivity index (χ2v) is 3.08. The standard InChI is InChI=1S/C11H15N3O2.HI/c1-16-10(15)7-8-13-11(12)14-9-5-3-2-4-6-9;/h2-6H,7-8H2,1H3,(H3,12,13,14);1H. The molecule has 1 aromatic carbocycles. The maximum atomic E-state index is 10.8. The second kappa shape index (κ2) is 8.80. The van der Waals surface area contributed by atoms with E-state index >= 15 is 0 Å². The van der Waals surface area contributed by atoms with E-state index in [1.165, 1.54) is 7.11 Å². The van der Waals surface area contributed by atoms with Gasteiger partial charge in [0.2, 0.25) is 0 Å². The van der Waals surface area contributed by atoms with Crippen LogP contribution in [0.2, 0.25) is 0 Å². The largest absolute Gasteiger partial charge is 0.469 e. The summed E-state index contributed by atoms with van der Waals surface area (Å²) in [6.45, 7) is 0.318. The number of anilines is 1. The summed E-state index contributed by atoms with van der Waals surface area (Å²) < 4.78 is 4.48. The average Bonchev–Trinajstić information content (AvgIpc) is 2.30. The molecule has 0 heterocycles. The molecule has 0 spiro atoms. The number of nitrogens with two attached hydrogens (primary N) is 1. The monoisotopic (exact) mass is 349 g/mol. The van der Waals surface area contributed by atoms with Crippen molar-refractivity contribution in [1.82, 2.24) is 0 Å². The topological polar surface area (TPSA) is 76.7 Å². The van der Waals surface area contributed by atoms with Crippen LogP contribution in [0.25, 0.3) is 0 Å². The van der Waals surface area contributed by atoms with Gasteiger partial charge in [-0.25, -0.2) is 0 Å². The normalized spacial score (nSPS) is 10.3. The number of methoxy groups -OCH3 is 1. The number of para-hydroxylation sites is 1. The highest BCUT2D eigenvalue weighted by atomic mass is 127. The molecular weight excluding hydrogens is 333 g/mol. The van der Waals surface area contributed by atoms with Crippen molar-refractivity contribution >= 4 is 41.6 Å². The van der Waals surface area contributed by atoms with Crippen LogP contribution < -0.4 is 11.1 Å². The molecule has 0 aliphatic heterocycles. The second-order valence-electron chi connectivity index (χ2n) is 3.08. The molecule has 6 heteroatoms. The van der Waals surface area contributed by atoms with Crippen molar-refractivity contribution in [3.63, 3.8) is 0 Å². The Balaban J connectivity index is 0.00000256. The first-order valence-corrected chi connectivity index (χ1v) is 4.91. The molecule has 0 amide bonds. The Kier molecular flexibility index (Phi) is 8.12. The van der Waals surface area contributed by atoms with Crippen molar-refractivity contribution < 1.29 is 9.53 Å². The van der Waals surface area contributed by atoms with Gasteiger partial charge in [0.15, 0.2) is 5.96 Å². The third kappa shape index (κ3) is 6.77. The fourth-order valence-electron chi connectivity index (χ4n) is 1.08. The highest BCUT2D eigenvalue weighted by Crippen LogP contribution is 2.03. The van der Waals surface area contributed by atoms with Gasteiger partial charge in [0.1, 0.15) is 0 Å². The molecule has 0 bridgehead atoms. The summed E-state index contributed by atoms with van der Waals surface area (Å²) in [5.74, 6) is -0.00800. The summed E-state index contributed by atoms with van der Waals surface area (Å²) in [5.41, 5.74) is 6.48. The zero-order valence-electron chi connectivity index (χ0n) is 9.55. The van der Waals surface area contributed by atoms with Gasteiger partial charge in [0.25, 0.3) is 0 Å². The molecule has 0 aromatic heterocycles. The van der Waals surface area contributed by atoms with Gasteiger partial charge in [-0.1, -0.05) is 18.2 Å². The van der Waals surface area contributed by atoms with Gasteiger partial charge in [0, 0.05) is 5.69 Å². The van der Waals surface area contributed by atoms with Gasteiger partial charge < -0.3 is 15.8 Å². The number of ether oxygens (including phenoxy) is 1. The van der Waals surface area contributed by atoms with E-state index in [1.807, 2.05) is 30.3 Å². The zero-order chi connectivity index (χ0) is 11.8. The number of carbonyl (C=O) groups excluding carboxylic acids is 1. The highest BCUT2D eigenvalue weighted by Gasteiger charge is 1.98. The number of benzene rings is 1. The molecule has 0 saturated carbocycles. The molecule has 1 rings (SSSR count). The van der Waals surface area contributed by atoms with E-state index in [9.17, 15) is 4.79 Å². The molecular formula is C11H16IN3O2. The van der Waals surface area contributed by atoms with Crippen LogP contribution in [-0.4, -0.2) is 25.6 Å². The quantitative estimate of drug-likeness (QED) is 0.375. The molecule has 0 fully saturated rings. The molecule has 0 saturated heterocycles.